The van der Waals surface area contributed by atoms with Crippen molar-refractivity contribution in [3.05, 3.63) is 71.3 Å². The molecule has 0 aromatic heterocycles. The first kappa shape index (κ1) is 39.4. The van der Waals surface area contributed by atoms with Crippen molar-refractivity contribution in [3.8, 4) is 0 Å². The number of amides is 2. The number of nitrogens with two attached hydrogens (primary N) is 1. The molecule has 2 aromatic rings. The lowest BCUT2D eigenvalue weighted by atomic mass is 9.90. The third-order valence-electron chi connectivity index (χ3n) is 9.83. The maximum Gasteiger partial charge on any atom is 0.242 e. The van der Waals surface area contributed by atoms with E-state index in [4.69, 9.17) is 11.1 Å². The molecule has 276 valence electrons. The topological polar surface area (TPSA) is 193 Å². The van der Waals surface area contributed by atoms with E-state index in [9.17, 15) is 23.1 Å². The Labute approximate surface area is 297 Å². The van der Waals surface area contributed by atoms with Crippen molar-refractivity contribution >= 4 is 27.7 Å². The number of sulfonamides is 1. The Kier molecular flexibility index (Phi) is 15.2. The highest BCUT2D eigenvalue weighted by Gasteiger charge is 2.31. The molecule has 50 heavy (non-hydrogen) atoms. The van der Waals surface area contributed by atoms with Gasteiger partial charge >= 0.3 is 0 Å². The first-order valence-electron chi connectivity index (χ1n) is 17.7. The number of amidine groups is 1. The maximum absolute atomic E-state index is 14.0. The summed E-state index contributed by atoms with van der Waals surface area (Å²) >= 11 is 0. The zero-order valence-corrected chi connectivity index (χ0v) is 30.3. The molecule has 0 radical (unpaired) electrons. The van der Waals surface area contributed by atoms with Crippen molar-refractivity contribution in [1.29, 1.82) is 5.41 Å². The maximum atomic E-state index is 14.0. The number of nitrogen functional groups attached to an aromatic ring is 1. The Morgan fingerprint density at radius 1 is 0.920 bits per heavy atom. The molecule has 2 aromatic carbocycles. The summed E-state index contributed by atoms with van der Waals surface area (Å²) in [6, 6.07) is 14.0. The number of aliphatic hydroxyl groups is 1. The van der Waals surface area contributed by atoms with Crippen molar-refractivity contribution in [2.75, 3.05) is 40.3 Å². The largest absolute Gasteiger partial charge is 0.384 e. The molecule has 0 aliphatic carbocycles. The highest BCUT2D eigenvalue weighted by atomic mass is 32.2. The molecular weight excluding hydrogens is 657 g/mol. The number of carbonyl (C=O) groups excluding carboxylic acids is 2. The fraction of sp³-hybridized carbons (Fsp3) is 0.583. The lowest BCUT2D eigenvalue weighted by molar-refractivity contribution is -0.130. The van der Waals surface area contributed by atoms with Crippen LogP contribution < -0.4 is 26.4 Å². The van der Waals surface area contributed by atoms with Gasteiger partial charge in [-0.05, 0) is 102 Å². The number of benzene rings is 2. The number of likely N-dealkylation sites (tertiary alicyclic amines) is 1. The Bertz CT molecular complexity index is 1480. The predicted octanol–water partition coefficient (Wildman–Crippen LogP) is 1.67. The van der Waals surface area contributed by atoms with Crippen LogP contribution in [0.1, 0.15) is 68.1 Å². The minimum Gasteiger partial charge on any atom is -0.384 e. The van der Waals surface area contributed by atoms with E-state index >= 15 is 0 Å². The average molecular weight is 713 g/mol. The smallest absolute Gasteiger partial charge is 0.242 e. The van der Waals surface area contributed by atoms with Gasteiger partial charge in [0.2, 0.25) is 21.8 Å². The third kappa shape index (κ3) is 12.7. The molecule has 3 atom stereocenters. The van der Waals surface area contributed by atoms with Crippen LogP contribution in [0.15, 0.2) is 54.6 Å². The fourth-order valence-electron chi connectivity index (χ4n) is 6.73. The lowest BCUT2D eigenvalue weighted by Crippen LogP contribution is -2.54. The molecule has 2 amide bonds. The quantitative estimate of drug-likeness (QED) is 0.0684. The first-order valence-corrected chi connectivity index (χ1v) is 19.4. The number of carbonyl (C=O) groups is 2. The van der Waals surface area contributed by atoms with Crippen LogP contribution >= 0.6 is 0 Å². The van der Waals surface area contributed by atoms with Gasteiger partial charge in [-0.3, -0.25) is 24.8 Å². The molecule has 2 heterocycles. The summed E-state index contributed by atoms with van der Waals surface area (Å²) < 4.78 is 29.5. The molecule has 8 N–H and O–H groups in total. The average Bonchev–Trinajstić information content (AvgIpc) is 3.11. The van der Waals surface area contributed by atoms with Gasteiger partial charge in [0.05, 0.1) is 5.75 Å². The molecule has 4 rings (SSSR count). The van der Waals surface area contributed by atoms with E-state index in [1.807, 2.05) is 25.1 Å². The number of aliphatic hydroxyl groups excluding tert-OH is 1. The summed E-state index contributed by atoms with van der Waals surface area (Å²) in [7, 11) is -0.237. The second-order valence-corrected chi connectivity index (χ2v) is 15.7. The third-order valence-corrected chi connectivity index (χ3v) is 11.2. The van der Waals surface area contributed by atoms with Gasteiger partial charge in [-0.15, -0.1) is 0 Å². The number of hydrogen-bond acceptors (Lipinski definition) is 9. The molecule has 2 aliphatic rings. The molecule has 2 saturated heterocycles. The van der Waals surface area contributed by atoms with Gasteiger partial charge in [-0.1, -0.05) is 54.6 Å². The summed E-state index contributed by atoms with van der Waals surface area (Å²) in [4.78, 5) is 31.4. The van der Waals surface area contributed by atoms with Crippen LogP contribution in [0.4, 0.5) is 0 Å². The monoisotopic (exact) mass is 712 g/mol. The van der Waals surface area contributed by atoms with Crippen LogP contribution in [0.5, 0.6) is 0 Å². The van der Waals surface area contributed by atoms with Gasteiger partial charge in [-0.25, -0.2) is 13.1 Å². The van der Waals surface area contributed by atoms with Gasteiger partial charge in [-0.2, -0.15) is 0 Å². The van der Waals surface area contributed by atoms with Gasteiger partial charge in [0, 0.05) is 25.2 Å². The molecule has 1 unspecified atom stereocenters. The molecule has 14 heteroatoms. The molecule has 2 aliphatic heterocycles. The molecule has 0 spiro atoms. The zero-order valence-electron chi connectivity index (χ0n) is 29.4. The van der Waals surface area contributed by atoms with E-state index in [0.29, 0.717) is 43.0 Å². The molecule has 2 fully saturated rings. The van der Waals surface area contributed by atoms with Crippen LogP contribution in [0.3, 0.4) is 0 Å². The number of nitrogens with one attached hydrogen (secondary N) is 5. The van der Waals surface area contributed by atoms with Crippen LogP contribution in [0, 0.1) is 17.2 Å². The Morgan fingerprint density at radius 3 is 2.12 bits per heavy atom. The highest BCUT2D eigenvalue weighted by Crippen LogP contribution is 2.25. The fourth-order valence-corrected chi connectivity index (χ4v) is 8.10. The molecule has 0 saturated carbocycles. The second kappa shape index (κ2) is 19.3. The van der Waals surface area contributed by atoms with E-state index in [-0.39, 0.29) is 36.4 Å². The molecule has 0 bridgehead atoms. The van der Waals surface area contributed by atoms with Crippen LogP contribution in [-0.2, 0) is 31.9 Å². The van der Waals surface area contributed by atoms with E-state index in [1.165, 1.54) is 0 Å². The number of piperidine rings is 2. The summed E-state index contributed by atoms with van der Waals surface area (Å²) in [5, 5.41) is 27.3. The van der Waals surface area contributed by atoms with Gasteiger partial charge < -0.3 is 26.8 Å². The van der Waals surface area contributed by atoms with Crippen molar-refractivity contribution in [2.45, 2.75) is 82.1 Å². The zero-order chi connectivity index (χ0) is 36.1. The van der Waals surface area contributed by atoms with Gasteiger partial charge in [0.15, 0.2) is 6.35 Å². The Balaban J connectivity index is 1.45. The van der Waals surface area contributed by atoms with Crippen LogP contribution in [-0.4, -0.2) is 99.7 Å². The minimum atomic E-state index is -3.89. The van der Waals surface area contributed by atoms with E-state index in [2.05, 4.69) is 20.7 Å². The second-order valence-electron chi connectivity index (χ2n) is 13.9. The highest BCUT2D eigenvalue weighted by molar-refractivity contribution is 7.88. The Morgan fingerprint density at radius 2 is 1.52 bits per heavy atom. The number of hydrogen-bond donors (Lipinski definition) is 7. The van der Waals surface area contributed by atoms with E-state index < -0.39 is 34.4 Å². The van der Waals surface area contributed by atoms with Crippen molar-refractivity contribution in [2.24, 2.45) is 17.6 Å². The summed E-state index contributed by atoms with van der Waals surface area (Å²) in [6.45, 7) is 3.48. The minimum absolute atomic E-state index is 0.0381. The summed E-state index contributed by atoms with van der Waals surface area (Å²) in [5.74, 6) is -0.453. The van der Waals surface area contributed by atoms with Gasteiger partial charge in [0.25, 0.3) is 0 Å². The van der Waals surface area contributed by atoms with Crippen molar-refractivity contribution in [1.82, 2.24) is 30.5 Å². The van der Waals surface area contributed by atoms with Crippen molar-refractivity contribution in [3.63, 3.8) is 0 Å². The SMILES string of the molecule is CN(C)C(O)N1CCC(CC[C@@H](NS(=O)(=O)Cc2ccccc2)C(=O)N[C@@H](CCC2CCNCC2)C(=O)NCc2ccc(C(=N)N)cc2)CC1. The van der Waals surface area contributed by atoms with Crippen LogP contribution in [0.2, 0.25) is 0 Å². The molecular formula is C36H56N8O5S. The van der Waals surface area contributed by atoms with Crippen LogP contribution in [0.25, 0.3) is 0 Å². The number of rotatable bonds is 18. The van der Waals surface area contributed by atoms with Gasteiger partial charge in [0.1, 0.15) is 17.9 Å². The van der Waals surface area contributed by atoms with E-state index in [1.54, 1.807) is 53.4 Å². The Hall–Kier alpha value is -3.40. The molecule has 13 nitrogen and oxygen atoms in total. The van der Waals surface area contributed by atoms with E-state index in [0.717, 1.165) is 50.8 Å². The normalized spacial score (nSPS) is 18.3. The number of nitrogens with zero attached hydrogens (tertiary/aromatic N) is 2. The predicted molar refractivity (Wildman–Crippen MR) is 195 cm³/mol. The van der Waals surface area contributed by atoms with Crippen molar-refractivity contribution < 1.29 is 23.1 Å². The first-order chi connectivity index (χ1) is 23.9. The summed E-state index contributed by atoms with van der Waals surface area (Å²) in [6.07, 6.45) is 5.08. The lowest BCUT2D eigenvalue weighted by Gasteiger charge is -2.37. The summed E-state index contributed by atoms with van der Waals surface area (Å²) in [5.41, 5.74) is 7.59. The standard InChI is InChI=1S/C36H56N8O5S/c1-43(2)36(47)44-22-18-27(19-23-44)11-15-32(42-50(48,49)25-29-6-4-3-5-7-29)35(46)41-31(14-10-26-16-20-39-21-17-26)34(45)40-24-28-8-12-30(13-9-28)33(37)38/h3-9,12-13,26-27,31-32,36,39,42,47H,10-11,14-25H2,1-2H3,(H3,37,38)(H,40,45)(H,41,46)/t31-,32+,36?/m0/s1.